The molecule has 0 aliphatic carbocycles. The normalized spacial score (nSPS) is 10.4. The molecule has 0 aliphatic heterocycles. The van der Waals surface area contributed by atoms with Gasteiger partial charge in [0.05, 0.1) is 5.39 Å². The highest BCUT2D eigenvalue weighted by atomic mass is 16.1. The summed E-state index contributed by atoms with van der Waals surface area (Å²) >= 11 is 0. The van der Waals surface area contributed by atoms with Crippen LogP contribution in [0.25, 0.3) is 22.1 Å². The molecular formula is C31H25N7O2. The van der Waals surface area contributed by atoms with Crippen molar-refractivity contribution < 1.29 is 4.79 Å². The van der Waals surface area contributed by atoms with Crippen LogP contribution in [0.3, 0.4) is 0 Å². The van der Waals surface area contributed by atoms with Gasteiger partial charge in [0.25, 0.3) is 11.5 Å². The molecule has 4 aromatic heterocycles. The summed E-state index contributed by atoms with van der Waals surface area (Å²) in [6.07, 6.45) is 5.72. The highest BCUT2D eigenvalue weighted by Gasteiger charge is 2.15. The Balaban J connectivity index is 0.000000207. The highest BCUT2D eigenvalue weighted by Crippen LogP contribution is 2.19. The molecule has 0 saturated carbocycles. The van der Waals surface area contributed by atoms with Crippen molar-refractivity contribution in [2.45, 2.75) is 13.3 Å². The minimum absolute atomic E-state index is 0.0322. The summed E-state index contributed by atoms with van der Waals surface area (Å²) in [5, 5.41) is 5.47. The SMILES string of the molecule is CCc1cc2cccc(C#Cc3ccncc3)c2c(=O)n1-c1ccccc1.NC(=O)c1c(N)nc2cccnn12. The first-order valence-electron chi connectivity index (χ1n) is 12.5. The number of benzene rings is 2. The molecule has 0 unspecified atom stereocenters. The summed E-state index contributed by atoms with van der Waals surface area (Å²) < 4.78 is 3.11. The Labute approximate surface area is 229 Å². The average Bonchev–Trinajstić information content (AvgIpc) is 3.33. The molecule has 4 heterocycles. The van der Waals surface area contributed by atoms with Crippen molar-refractivity contribution in [1.82, 2.24) is 24.1 Å². The van der Waals surface area contributed by atoms with Crippen LogP contribution in [-0.2, 0) is 6.42 Å². The first kappa shape index (κ1) is 25.9. The third-order valence-corrected chi connectivity index (χ3v) is 6.17. The van der Waals surface area contributed by atoms with Gasteiger partial charge in [0.2, 0.25) is 0 Å². The summed E-state index contributed by atoms with van der Waals surface area (Å²) in [6.45, 7) is 2.06. The molecule has 0 fully saturated rings. The molecule has 6 rings (SSSR count). The Morgan fingerprint density at radius 1 is 0.925 bits per heavy atom. The molecule has 40 heavy (non-hydrogen) atoms. The van der Waals surface area contributed by atoms with Gasteiger partial charge in [-0.2, -0.15) is 5.10 Å². The quantitative estimate of drug-likeness (QED) is 0.337. The van der Waals surface area contributed by atoms with Crippen molar-refractivity contribution in [3.05, 3.63) is 130 Å². The number of nitrogens with zero attached hydrogens (tertiary/aromatic N) is 5. The molecule has 0 bridgehead atoms. The number of imidazole rings is 1. The molecule has 6 aromatic rings. The monoisotopic (exact) mass is 527 g/mol. The highest BCUT2D eigenvalue weighted by molar-refractivity contribution is 5.96. The van der Waals surface area contributed by atoms with E-state index in [1.807, 2.05) is 60.7 Å². The maximum absolute atomic E-state index is 13.4. The largest absolute Gasteiger partial charge is 0.382 e. The second kappa shape index (κ2) is 11.3. The van der Waals surface area contributed by atoms with Crippen molar-refractivity contribution in [2.75, 3.05) is 5.73 Å². The third-order valence-electron chi connectivity index (χ3n) is 6.17. The smallest absolute Gasteiger partial charge is 0.271 e. The lowest BCUT2D eigenvalue weighted by Crippen LogP contribution is -2.22. The maximum Gasteiger partial charge on any atom is 0.271 e. The van der Waals surface area contributed by atoms with Gasteiger partial charge < -0.3 is 11.5 Å². The number of para-hydroxylation sites is 1. The summed E-state index contributed by atoms with van der Waals surface area (Å²) in [4.78, 5) is 32.3. The molecule has 0 spiro atoms. The molecule has 9 nitrogen and oxygen atoms in total. The first-order valence-corrected chi connectivity index (χ1v) is 12.5. The number of primary amides is 1. The van der Waals surface area contributed by atoms with Crippen LogP contribution in [0.4, 0.5) is 5.82 Å². The molecule has 0 atom stereocenters. The number of aromatic nitrogens is 5. The lowest BCUT2D eigenvalue weighted by Gasteiger charge is -2.14. The number of carbonyl (C=O) groups excluding carboxylic acids is 1. The van der Waals surface area contributed by atoms with Gasteiger partial charge in [-0.05, 0) is 60.3 Å². The summed E-state index contributed by atoms with van der Waals surface area (Å²) in [6, 6.07) is 24.8. The van der Waals surface area contributed by atoms with Crippen molar-refractivity contribution in [2.24, 2.45) is 5.73 Å². The zero-order valence-electron chi connectivity index (χ0n) is 21.7. The van der Waals surface area contributed by atoms with E-state index in [0.717, 1.165) is 34.3 Å². The van der Waals surface area contributed by atoms with Crippen LogP contribution in [0.2, 0.25) is 0 Å². The fraction of sp³-hybridized carbons (Fsp3) is 0.0645. The van der Waals surface area contributed by atoms with Gasteiger partial charge >= 0.3 is 0 Å². The molecule has 196 valence electrons. The van der Waals surface area contributed by atoms with Crippen molar-refractivity contribution in [3.63, 3.8) is 0 Å². The molecule has 0 aliphatic rings. The zero-order valence-corrected chi connectivity index (χ0v) is 21.7. The summed E-state index contributed by atoms with van der Waals surface area (Å²) in [5.74, 6) is 5.77. The Hall–Kier alpha value is -5.75. The number of hydrogen-bond acceptors (Lipinski definition) is 6. The van der Waals surface area contributed by atoms with E-state index in [4.69, 9.17) is 11.5 Å². The Morgan fingerprint density at radius 3 is 2.42 bits per heavy atom. The van der Waals surface area contributed by atoms with Crippen LogP contribution in [0.5, 0.6) is 0 Å². The zero-order chi connectivity index (χ0) is 28.1. The van der Waals surface area contributed by atoms with E-state index in [1.54, 1.807) is 29.1 Å². The predicted octanol–water partition coefficient (Wildman–Crippen LogP) is 3.76. The van der Waals surface area contributed by atoms with Crippen LogP contribution in [0, 0.1) is 11.8 Å². The number of anilines is 1. The van der Waals surface area contributed by atoms with Crippen LogP contribution in [0.15, 0.2) is 102 Å². The molecular weight excluding hydrogens is 502 g/mol. The van der Waals surface area contributed by atoms with E-state index in [2.05, 4.69) is 39.9 Å². The van der Waals surface area contributed by atoms with E-state index < -0.39 is 5.91 Å². The van der Waals surface area contributed by atoms with E-state index in [1.165, 1.54) is 10.7 Å². The first-order chi connectivity index (χ1) is 19.5. The number of nitrogen functional groups attached to an aromatic ring is 1. The number of pyridine rings is 2. The fourth-order valence-electron chi connectivity index (χ4n) is 4.35. The fourth-order valence-corrected chi connectivity index (χ4v) is 4.35. The van der Waals surface area contributed by atoms with Crippen molar-refractivity contribution in [3.8, 4) is 17.5 Å². The Morgan fingerprint density at radius 2 is 1.70 bits per heavy atom. The maximum atomic E-state index is 13.4. The predicted molar refractivity (Wildman–Crippen MR) is 155 cm³/mol. The van der Waals surface area contributed by atoms with E-state index in [0.29, 0.717) is 11.0 Å². The van der Waals surface area contributed by atoms with E-state index in [9.17, 15) is 9.59 Å². The Kier molecular flexibility index (Phi) is 7.33. The number of amides is 1. The lowest BCUT2D eigenvalue weighted by atomic mass is 10.0. The van der Waals surface area contributed by atoms with Gasteiger partial charge in [-0.15, -0.1) is 0 Å². The van der Waals surface area contributed by atoms with Gasteiger partial charge in [0, 0.05) is 41.1 Å². The molecule has 4 N–H and O–H groups in total. The minimum Gasteiger partial charge on any atom is -0.382 e. The van der Waals surface area contributed by atoms with Crippen molar-refractivity contribution in [1.29, 1.82) is 0 Å². The van der Waals surface area contributed by atoms with Crippen LogP contribution >= 0.6 is 0 Å². The molecule has 9 heteroatoms. The van der Waals surface area contributed by atoms with Crippen LogP contribution < -0.4 is 17.0 Å². The van der Waals surface area contributed by atoms with Gasteiger partial charge in [0.15, 0.2) is 17.2 Å². The number of hydrogen-bond donors (Lipinski definition) is 2. The molecule has 2 aromatic carbocycles. The summed E-state index contributed by atoms with van der Waals surface area (Å²) in [5.41, 5.74) is 14.6. The second-order valence-corrected chi connectivity index (χ2v) is 8.72. The number of rotatable bonds is 3. The minimum atomic E-state index is -0.635. The Bertz CT molecular complexity index is 1950. The number of aryl methyl sites for hydroxylation is 1. The molecule has 0 saturated heterocycles. The van der Waals surface area contributed by atoms with Gasteiger partial charge in [-0.3, -0.25) is 19.1 Å². The van der Waals surface area contributed by atoms with Crippen LogP contribution in [0.1, 0.15) is 34.2 Å². The topological polar surface area (TPSA) is 134 Å². The molecule has 0 radical (unpaired) electrons. The molecule has 1 amide bonds. The standard InChI is InChI=1S/C24H18N2O.C7H7N5O/c1-2-21-17-20-8-6-7-19(12-11-18-13-15-25-16-14-18)23(20)24(27)26(21)22-9-4-3-5-10-22;8-6-5(7(9)13)12-4(11-6)2-1-3-10-12/h3-10,13-17H,2H2,1H3;1-3H,8H2,(H2,9,13). The van der Waals surface area contributed by atoms with E-state index >= 15 is 0 Å². The number of nitrogens with two attached hydrogens (primary N) is 2. The van der Waals surface area contributed by atoms with Gasteiger partial charge in [-0.1, -0.05) is 49.1 Å². The average molecular weight is 528 g/mol. The summed E-state index contributed by atoms with van der Waals surface area (Å²) in [7, 11) is 0. The third kappa shape index (κ3) is 5.14. The van der Waals surface area contributed by atoms with Crippen LogP contribution in [-0.4, -0.2) is 30.1 Å². The number of carbonyl (C=O) groups is 1. The van der Waals surface area contributed by atoms with Crippen molar-refractivity contribution >= 4 is 28.1 Å². The van der Waals surface area contributed by atoms with E-state index in [-0.39, 0.29) is 17.1 Å². The number of fused-ring (bicyclic) bond motifs is 2. The lowest BCUT2D eigenvalue weighted by molar-refractivity contribution is 0.0994. The van der Waals surface area contributed by atoms with Gasteiger partial charge in [0.1, 0.15) is 0 Å². The second-order valence-electron chi connectivity index (χ2n) is 8.72. The van der Waals surface area contributed by atoms with Gasteiger partial charge in [-0.25, -0.2) is 9.50 Å².